The average Bonchev–Trinajstić information content (AvgIpc) is 3.38. The van der Waals surface area contributed by atoms with Gasteiger partial charge in [0.25, 0.3) is 0 Å². The van der Waals surface area contributed by atoms with Crippen LogP contribution in [0.1, 0.15) is 94.4 Å². The van der Waals surface area contributed by atoms with Crippen LogP contribution in [0.25, 0.3) is 0 Å². The van der Waals surface area contributed by atoms with E-state index in [-0.39, 0.29) is 40.2 Å². The predicted octanol–water partition coefficient (Wildman–Crippen LogP) is 8.70. The molecule has 2 fully saturated rings. The molecule has 0 amide bonds. The van der Waals surface area contributed by atoms with Gasteiger partial charge < -0.3 is 19.7 Å². The van der Waals surface area contributed by atoms with Crippen LogP contribution in [0.5, 0.6) is 0 Å². The van der Waals surface area contributed by atoms with Gasteiger partial charge in [0.2, 0.25) is 0 Å². The molecule has 5 nitrogen and oxygen atoms in total. The first-order valence-corrected chi connectivity index (χ1v) is 16.4. The van der Waals surface area contributed by atoms with Crippen LogP contribution in [0.4, 0.5) is 0 Å². The van der Waals surface area contributed by atoms with Gasteiger partial charge >= 0.3 is 5.97 Å². The number of esters is 1. The van der Waals surface area contributed by atoms with Gasteiger partial charge in [-0.1, -0.05) is 99.1 Å². The number of aliphatic hydroxyl groups is 2. The fourth-order valence-corrected chi connectivity index (χ4v) is 7.85. The molecule has 0 spiro atoms. The zero-order chi connectivity index (χ0) is 33.2. The summed E-state index contributed by atoms with van der Waals surface area (Å²) in [5.41, 5.74) is 4.46. The quantitative estimate of drug-likeness (QED) is 0.111. The minimum atomic E-state index is -0.386. The monoisotopic (exact) mass is 614 g/mol. The average molecular weight is 615 g/mol. The SMILES string of the molecule is CC1=C[C@H](O)CC(C)(C)[C@H]1CCC1=C/C(=C/C(C)=C/C=C/C=C(C)/C=C/C=C(C)/C=C/[C@@]23O[C@]2(C)C[C@@H](O)CC3(C)C)OC1=O. The van der Waals surface area contributed by atoms with Crippen LogP contribution in [-0.2, 0) is 14.3 Å². The lowest BCUT2D eigenvalue weighted by Gasteiger charge is -2.40. The van der Waals surface area contributed by atoms with E-state index in [1.807, 2.05) is 43.4 Å². The zero-order valence-corrected chi connectivity index (χ0v) is 28.8. The maximum atomic E-state index is 12.5. The van der Waals surface area contributed by atoms with E-state index >= 15 is 0 Å². The van der Waals surface area contributed by atoms with Crippen molar-refractivity contribution in [3.05, 3.63) is 107 Å². The molecule has 1 saturated carbocycles. The summed E-state index contributed by atoms with van der Waals surface area (Å²) >= 11 is 0. The third kappa shape index (κ3) is 8.06. The Balaban J connectivity index is 1.28. The fourth-order valence-electron chi connectivity index (χ4n) is 7.85. The standard InChI is InChI=1S/C40H54O5/c1-27(15-12-16-28(2)19-20-40-38(7,8)25-33(42)26-39(40,9)45-40)13-10-11-14-29(3)21-34-23-31(36(43)44-34)17-18-35-30(4)22-32(41)24-37(35,5)6/h10-16,19-23,32-33,35,41-42H,17-18,24-26H2,1-9H3/b11-10+,15-12+,20-19+,27-13+,28-16+,29-14+,34-21-/t32-,33-,35-,39+,40-/m0/s1. The van der Waals surface area contributed by atoms with Crippen LogP contribution >= 0.6 is 0 Å². The topological polar surface area (TPSA) is 79.3 Å². The second-order valence-corrected chi connectivity index (χ2v) is 15.2. The Morgan fingerprint density at radius 3 is 2.22 bits per heavy atom. The lowest BCUT2D eigenvalue weighted by molar-refractivity contribution is -0.133. The number of epoxide rings is 1. The molecule has 4 aliphatic rings. The molecule has 244 valence electrons. The second kappa shape index (κ2) is 13.4. The fraction of sp³-hybridized carbons (Fsp3) is 0.525. The molecule has 2 N–H and O–H groups in total. The largest absolute Gasteiger partial charge is 0.423 e. The highest BCUT2D eigenvalue weighted by molar-refractivity contribution is 5.92. The number of ether oxygens (including phenoxy) is 2. The Kier molecular flexibility index (Phi) is 10.4. The molecule has 5 atom stereocenters. The summed E-state index contributed by atoms with van der Waals surface area (Å²) in [4.78, 5) is 12.5. The molecule has 45 heavy (non-hydrogen) atoms. The minimum absolute atomic E-state index is 0.00569. The van der Waals surface area contributed by atoms with Crippen molar-refractivity contribution in [3.63, 3.8) is 0 Å². The van der Waals surface area contributed by atoms with E-state index in [1.54, 1.807) is 0 Å². The molecule has 0 bridgehead atoms. The molecule has 0 unspecified atom stereocenters. The molecule has 2 aliphatic carbocycles. The van der Waals surface area contributed by atoms with Crippen LogP contribution in [0.15, 0.2) is 107 Å². The number of fused-ring (bicyclic) bond motifs is 1. The van der Waals surface area contributed by atoms with E-state index < -0.39 is 0 Å². The van der Waals surface area contributed by atoms with E-state index in [0.717, 1.165) is 36.0 Å². The summed E-state index contributed by atoms with van der Waals surface area (Å²) < 4.78 is 11.8. The van der Waals surface area contributed by atoms with Crippen LogP contribution in [0, 0.1) is 16.7 Å². The zero-order valence-electron chi connectivity index (χ0n) is 28.8. The number of allylic oxidation sites excluding steroid dienone is 14. The summed E-state index contributed by atoms with van der Waals surface area (Å²) in [5.74, 6) is 0.648. The van der Waals surface area contributed by atoms with E-state index in [0.29, 0.717) is 30.1 Å². The maximum absolute atomic E-state index is 12.5. The second-order valence-electron chi connectivity index (χ2n) is 15.2. The molecular formula is C40H54O5. The van der Waals surface area contributed by atoms with Crippen LogP contribution < -0.4 is 0 Å². The highest BCUT2D eigenvalue weighted by Crippen LogP contribution is 2.66. The lowest BCUT2D eigenvalue weighted by atomic mass is 9.63. The molecule has 5 heteroatoms. The summed E-state index contributed by atoms with van der Waals surface area (Å²) in [7, 11) is 0. The third-order valence-electron chi connectivity index (χ3n) is 10.2. The third-order valence-corrected chi connectivity index (χ3v) is 10.2. The van der Waals surface area contributed by atoms with Crippen molar-refractivity contribution in [1.29, 1.82) is 0 Å². The number of cyclic esters (lactones) is 1. The molecule has 0 aromatic rings. The molecule has 2 aliphatic heterocycles. The van der Waals surface area contributed by atoms with Crippen LogP contribution in [0.3, 0.4) is 0 Å². The van der Waals surface area contributed by atoms with Crippen molar-refractivity contribution < 1.29 is 24.5 Å². The van der Waals surface area contributed by atoms with Gasteiger partial charge in [0.05, 0.1) is 12.2 Å². The van der Waals surface area contributed by atoms with Crippen molar-refractivity contribution in [3.8, 4) is 0 Å². The minimum Gasteiger partial charge on any atom is -0.423 e. The smallest absolute Gasteiger partial charge is 0.339 e. The van der Waals surface area contributed by atoms with Crippen molar-refractivity contribution in [2.45, 2.75) is 118 Å². The van der Waals surface area contributed by atoms with Crippen LogP contribution in [0.2, 0.25) is 0 Å². The number of rotatable bonds is 10. The Bertz CT molecular complexity index is 1440. The van der Waals surface area contributed by atoms with Gasteiger partial charge in [0.1, 0.15) is 17.0 Å². The number of carbonyl (C=O) groups is 1. The molecule has 0 radical (unpaired) electrons. The van der Waals surface area contributed by atoms with Gasteiger partial charge in [-0.2, -0.15) is 0 Å². The number of hydrogen-bond acceptors (Lipinski definition) is 5. The molecule has 4 rings (SSSR count). The molecule has 0 aromatic carbocycles. The number of hydrogen-bond donors (Lipinski definition) is 2. The summed E-state index contributed by atoms with van der Waals surface area (Å²) in [6.07, 6.45) is 27.3. The molecule has 1 saturated heterocycles. The predicted molar refractivity (Wildman–Crippen MR) is 183 cm³/mol. The summed E-state index contributed by atoms with van der Waals surface area (Å²) in [6, 6.07) is 0. The van der Waals surface area contributed by atoms with Gasteiger partial charge in [-0.05, 0) is 95.4 Å². The van der Waals surface area contributed by atoms with Gasteiger partial charge in [-0.3, -0.25) is 0 Å². The van der Waals surface area contributed by atoms with Crippen molar-refractivity contribution in [2.75, 3.05) is 0 Å². The normalized spacial score (nSPS) is 34.5. The van der Waals surface area contributed by atoms with Gasteiger partial charge in [-0.15, -0.1) is 0 Å². The van der Waals surface area contributed by atoms with Crippen molar-refractivity contribution in [1.82, 2.24) is 0 Å². The van der Waals surface area contributed by atoms with Gasteiger partial charge in [-0.25, -0.2) is 4.79 Å². The number of aliphatic hydroxyl groups excluding tert-OH is 2. The first-order chi connectivity index (χ1) is 21.0. The van der Waals surface area contributed by atoms with Gasteiger partial charge in [0, 0.05) is 17.4 Å². The van der Waals surface area contributed by atoms with Crippen molar-refractivity contribution in [2.24, 2.45) is 16.7 Å². The van der Waals surface area contributed by atoms with E-state index in [4.69, 9.17) is 9.47 Å². The molecule has 2 heterocycles. The Morgan fingerprint density at radius 1 is 0.911 bits per heavy atom. The first kappa shape index (κ1) is 34.9. The summed E-state index contributed by atoms with van der Waals surface area (Å²) in [6.45, 7) is 19.1. The Hall–Kier alpha value is -2.99. The van der Waals surface area contributed by atoms with Gasteiger partial charge in [0.15, 0.2) is 0 Å². The van der Waals surface area contributed by atoms with Crippen LogP contribution in [-0.4, -0.2) is 39.6 Å². The first-order valence-electron chi connectivity index (χ1n) is 16.4. The highest BCUT2D eigenvalue weighted by Gasteiger charge is 2.74. The number of carbonyl (C=O) groups excluding carboxylic acids is 1. The maximum Gasteiger partial charge on any atom is 0.339 e. The summed E-state index contributed by atoms with van der Waals surface area (Å²) in [5, 5.41) is 20.4. The van der Waals surface area contributed by atoms with E-state index in [2.05, 4.69) is 91.8 Å². The Labute approximate surface area is 271 Å². The van der Waals surface area contributed by atoms with Crippen molar-refractivity contribution >= 4 is 5.97 Å². The molecular weight excluding hydrogens is 560 g/mol. The lowest BCUT2D eigenvalue weighted by Crippen LogP contribution is -2.46. The Morgan fingerprint density at radius 2 is 1.56 bits per heavy atom. The molecule has 0 aromatic heterocycles. The van der Waals surface area contributed by atoms with E-state index in [1.165, 1.54) is 5.57 Å². The van der Waals surface area contributed by atoms with E-state index in [9.17, 15) is 15.0 Å². The highest BCUT2D eigenvalue weighted by atomic mass is 16.6.